The molecule has 2 atom stereocenters. The first kappa shape index (κ1) is 27.3. The van der Waals surface area contributed by atoms with Gasteiger partial charge in [-0.25, -0.2) is 4.79 Å². The Hall–Kier alpha value is -1.91. The summed E-state index contributed by atoms with van der Waals surface area (Å²) in [6, 6.07) is 4.26. The molecule has 0 aliphatic carbocycles. The summed E-state index contributed by atoms with van der Waals surface area (Å²) in [6.07, 6.45) is 3.46. The highest BCUT2D eigenvalue weighted by Gasteiger charge is 2.40. The fourth-order valence-corrected chi connectivity index (χ4v) is 4.14. The molecular weight excluding hydrogens is 444 g/mol. The highest BCUT2D eigenvalue weighted by atomic mass is 28.3. The minimum absolute atomic E-state index is 0.0218. The number of aliphatic hydroxyl groups excluding tert-OH is 1. The molecular formula is C24H38O8Si. The molecule has 0 bridgehead atoms. The monoisotopic (exact) mass is 482 g/mol. The summed E-state index contributed by atoms with van der Waals surface area (Å²) >= 11 is 0. The van der Waals surface area contributed by atoms with Crippen LogP contribution in [0, 0.1) is 0 Å². The second-order valence-corrected chi connectivity index (χ2v) is 15.2. The molecule has 1 aromatic carbocycles. The SMILES string of the molecule is COCOc1cc(OC)cc(/C=C/CC2OC(C)(C)OC2CO)c1C(=O)OCC[Si](C)(C)C. The van der Waals surface area contributed by atoms with Crippen molar-refractivity contribution < 1.29 is 38.3 Å². The van der Waals surface area contributed by atoms with Crippen LogP contribution in [0.3, 0.4) is 0 Å². The van der Waals surface area contributed by atoms with Crippen LogP contribution in [0.25, 0.3) is 6.08 Å². The maximum Gasteiger partial charge on any atom is 0.342 e. The Morgan fingerprint density at radius 3 is 2.48 bits per heavy atom. The van der Waals surface area contributed by atoms with Crippen molar-refractivity contribution >= 4 is 20.1 Å². The quantitative estimate of drug-likeness (QED) is 0.271. The molecule has 0 aromatic heterocycles. The van der Waals surface area contributed by atoms with Gasteiger partial charge >= 0.3 is 5.97 Å². The van der Waals surface area contributed by atoms with Gasteiger partial charge in [-0.05, 0) is 37.9 Å². The number of carbonyl (C=O) groups excluding carboxylic acids is 1. The standard InChI is InChI=1S/C24H38O8Si/c1-24(2)31-19(21(15-25)32-24)10-8-9-17-13-18(28-4)14-20(30-16-27-3)22(17)23(26)29-11-12-33(5,6)7/h8-9,13-14,19,21,25H,10-12,15-16H2,1-7H3/b9-8+. The highest BCUT2D eigenvalue weighted by molar-refractivity contribution is 6.76. The molecule has 1 aliphatic rings. The third-order valence-electron chi connectivity index (χ3n) is 5.09. The van der Waals surface area contributed by atoms with Crippen LogP contribution in [0.15, 0.2) is 18.2 Å². The predicted octanol–water partition coefficient (Wildman–Crippen LogP) is 4.09. The van der Waals surface area contributed by atoms with Crippen LogP contribution in [-0.2, 0) is 18.9 Å². The molecule has 1 N–H and O–H groups in total. The summed E-state index contributed by atoms with van der Waals surface area (Å²) < 4.78 is 33.3. The lowest BCUT2D eigenvalue weighted by molar-refractivity contribution is -0.148. The van der Waals surface area contributed by atoms with E-state index in [0.29, 0.717) is 35.7 Å². The zero-order valence-corrected chi connectivity index (χ0v) is 21.8. The number of ether oxygens (including phenoxy) is 6. The van der Waals surface area contributed by atoms with E-state index in [1.54, 1.807) is 25.3 Å². The van der Waals surface area contributed by atoms with Crippen LogP contribution >= 0.6 is 0 Å². The van der Waals surface area contributed by atoms with Crippen LogP contribution in [0.1, 0.15) is 36.2 Å². The van der Waals surface area contributed by atoms with E-state index < -0.39 is 25.9 Å². The lowest BCUT2D eigenvalue weighted by Gasteiger charge is -2.18. The highest BCUT2D eigenvalue weighted by Crippen LogP contribution is 2.33. The molecule has 1 fully saturated rings. The Kier molecular flexibility index (Phi) is 9.93. The molecule has 2 rings (SSSR count). The van der Waals surface area contributed by atoms with Crippen LogP contribution in [-0.4, -0.2) is 71.4 Å². The number of benzene rings is 1. The first-order chi connectivity index (χ1) is 15.5. The number of carbonyl (C=O) groups is 1. The molecule has 1 aromatic rings. The third-order valence-corrected chi connectivity index (χ3v) is 6.80. The molecule has 9 heteroatoms. The van der Waals surface area contributed by atoms with Crippen LogP contribution in [0.5, 0.6) is 11.5 Å². The van der Waals surface area contributed by atoms with E-state index in [4.69, 9.17) is 28.4 Å². The van der Waals surface area contributed by atoms with Crippen molar-refractivity contribution in [2.45, 2.75) is 63.9 Å². The Morgan fingerprint density at radius 2 is 1.88 bits per heavy atom. The molecule has 2 unspecified atom stereocenters. The number of aliphatic hydroxyl groups is 1. The second kappa shape index (κ2) is 12.0. The Balaban J connectivity index is 2.30. The molecule has 1 saturated heterocycles. The summed E-state index contributed by atoms with van der Waals surface area (Å²) in [5.41, 5.74) is 0.902. The summed E-state index contributed by atoms with van der Waals surface area (Å²) in [7, 11) is 1.70. The van der Waals surface area contributed by atoms with Crippen molar-refractivity contribution in [3.8, 4) is 11.5 Å². The fourth-order valence-electron chi connectivity index (χ4n) is 3.43. The van der Waals surface area contributed by atoms with Crippen molar-refractivity contribution in [3.05, 3.63) is 29.3 Å². The van der Waals surface area contributed by atoms with Crippen LogP contribution < -0.4 is 9.47 Å². The average Bonchev–Trinajstić information content (AvgIpc) is 3.04. The molecule has 33 heavy (non-hydrogen) atoms. The minimum atomic E-state index is -1.35. The summed E-state index contributed by atoms with van der Waals surface area (Å²) in [5.74, 6) is -0.358. The molecule has 1 aliphatic heterocycles. The first-order valence-corrected chi connectivity index (χ1v) is 14.8. The maximum absolute atomic E-state index is 13.1. The smallest absolute Gasteiger partial charge is 0.342 e. The Labute approximate surface area is 197 Å². The second-order valence-electron chi connectivity index (χ2n) is 9.62. The van der Waals surface area contributed by atoms with Crippen molar-refractivity contribution in [2.24, 2.45) is 0 Å². The van der Waals surface area contributed by atoms with Crippen LogP contribution in [0.4, 0.5) is 0 Å². The maximum atomic E-state index is 13.1. The number of hydrogen-bond donors (Lipinski definition) is 1. The van der Waals surface area contributed by atoms with E-state index in [9.17, 15) is 9.90 Å². The first-order valence-electron chi connectivity index (χ1n) is 11.1. The van der Waals surface area contributed by atoms with E-state index in [2.05, 4.69) is 19.6 Å². The topological polar surface area (TPSA) is 92.7 Å². The lowest BCUT2D eigenvalue weighted by Crippen LogP contribution is -2.25. The van der Waals surface area contributed by atoms with E-state index in [1.165, 1.54) is 7.11 Å². The van der Waals surface area contributed by atoms with Gasteiger partial charge in [0.15, 0.2) is 12.6 Å². The van der Waals surface area contributed by atoms with Crippen LogP contribution in [0.2, 0.25) is 25.7 Å². The Morgan fingerprint density at radius 1 is 1.18 bits per heavy atom. The van der Waals surface area contributed by atoms with Crippen molar-refractivity contribution in [1.82, 2.24) is 0 Å². The third kappa shape index (κ3) is 8.42. The molecule has 0 amide bonds. The largest absolute Gasteiger partial charge is 0.497 e. The van der Waals surface area contributed by atoms with Gasteiger partial charge in [-0.1, -0.05) is 31.8 Å². The number of methoxy groups -OCH3 is 2. The molecule has 186 valence electrons. The van der Waals surface area contributed by atoms with E-state index in [1.807, 2.05) is 19.9 Å². The van der Waals surface area contributed by atoms with Crippen molar-refractivity contribution in [3.63, 3.8) is 0 Å². The number of rotatable bonds is 12. The number of hydrogen-bond acceptors (Lipinski definition) is 8. The van der Waals surface area contributed by atoms with Gasteiger partial charge in [0.05, 0.1) is 26.4 Å². The van der Waals surface area contributed by atoms with Crippen molar-refractivity contribution in [1.29, 1.82) is 0 Å². The van der Waals surface area contributed by atoms with Gasteiger partial charge in [0.1, 0.15) is 23.2 Å². The molecule has 0 saturated carbocycles. The zero-order chi connectivity index (χ0) is 24.6. The molecule has 1 heterocycles. The van der Waals surface area contributed by atoms with E-state index in [0.717, 1.165) is 6.04 Å². The predicted molar refractivity (Wildman–Crippen MR) is 128 cm³/mol. The zero-order valence-electron chi connectivity index (χ0n) is 20.8. The minimum Gasteiger partial charge on any atom is -0.497 e. The summed E-state index contributed by atoms with van der Waals surface area (Å²) in [5, 5.41) is 9.60. The van der Waals surface area contributed by atoms with E-state index in [-0.39, 0.29) is 19.5 Å². The normalized spacial score (nSPS) is 20.2. The summed E-state index contributed by atoms with van der Waals surface area (Å²) in [4.78, 5) is 13.1. The van der Waals surface area contributed by atoms with Crippen molar-refractivity contribution in [2.75, 3.05) is 34.2 Å². The molecule has 0 spiro atoms. The Bertz CT molecular complexity index is 815. The van der Waals surface area contributed by atoms with Gasteiger partial charge < -0.3 is 33.5 Å². The van der Waals surface area contributed by atoms with Gasteiger partial charge in [-0.2, -0.15) is 0 Å². The van der Waals surface area contributed by atoms with Gasteiger partial charge in [-0.15, -0.1) is 0 Å². The van der Waals surface area contributed by atoms with Gasteiger partial charge in [0.25, 0.3) is 0 Å². The fraction of sp³-hybridized carbons (Fsp3) is 0.625. The van der Waals surface area contributed by atoms with Gasteiger partial charge in [-0.3, -0.25) is 0 Å². The average molecular weight is 483 g/mol. The number of esters is 1. The van der Waals surface area contributed by atoms with Gasteiger partial charge in [0, 0.05) is 21.3 Å². The summed E-state index contributed by atoms with van der Waals surface area (Å²) in [6.45, 7) is 10.5. The lowest BCUT2D eigenvalue weighted by atomic mass is 10.0. The van der Waals surface area contributed by atoms with E-state index >= 15 is 0 Å². The van der Waals surface area contributed by atoms with Gasteiger partial charge in [0.2, 0.25) is 0 Å². The molecule has 0 radical (unpaired) electrons. The molecule has 8 nitrogen and oxygen atoms in total.